The van der Waals surface area contributed by atoms with E-state index in [4.69, 9.17) is 32.7 Å². The molecule has 0 aliphatic carbocycles. The van der Waals surface area contributed by atoms with Crippen LogP contribution in [0.3, 0.4) is 0 Å². The summed E-state index contributed by atoms with van der Waals surface area (Å²) in [4.78, 5) is 37.0. The minimum atomic E-state index is -5.00. The van der Waals surface area contributed by atoms with Crippen molar-refractivity contribution in [2.24, 2.45) is 7.05 Å². The van der Waals surface area contributed by atoms with Crippen molar-refractivity contribution in [3.8, 4) is 11.4 Å². The fourth-order valence-electron chi connectivity index (χ4n) is 2.89. The van der Waals surface area contributed by atoms with Crippen LogP contribution in [0.2, 0.25) is 5.02 Å². The molecule has 1 aromatic heterocycles. The van der Waals surface area contributed by atoms with Crippen molar-refractivity contribution in [2.45, 2.75) is 24.9 Å². The fraction of sp³-hybridized carbons (Fsp3) is 0.389. The molecule has 13 heteroatoms. The highest BCUT2D eigenvalue weighted by atomic mass is 35.5. The maximum absolute atomic E-state index is 14.9. The summed E-state index contributed by atoms with van der Waals surface area (Å²) in [5, 5.41) is -1.68. The molecule has 0 saturated heterocycles. The minimum Gasteiger partial charge on any atom is -0.495 e. The number of carbonyl (C=O) groups is 1. The van der Waals surface area contributed by atoms with Crippen LogP contribution >= 0.6 is 23.2 Å². The lowest BCUT2D eigenvalue weighted by molar-refractivity contribution is -0.144. The maximum Gasteiger partial charge on any atom is 0.431 e. The first-order valence-corrected chi connectivity index (χ1v) is 9.42. The Labute approximate surface area is 182 Å². The average Bonchev–Trinajstić information content (AvgIpc) is 2.66. The number of rotatable bonds is 6. The van der Waals surface area contributed by atoms with E-state index in [1.807, 2.05) is 0 Å². The summed E-state index contributed by atoms with van der Waals surface area (Å²) < 4.78 is 64.5. The predicted molar refractivity (Wildman–Crippen MR) is 104 cm³/mol. The molecule has 1 unspecified atom stereocenters. The van der Waals surface area contributed by atoms with Crippen LogP contribution in [0.1, 0.15) is 18.2 Å². The molecule has 0 amide bonds. The first kappa shape index (κ1) is 24.7. The highest BCUT2D eigenvalue weighted by molar-refractivity contribution is 6.32. The highest BCUT2D eigenvalue weighted by Gasteiger charge is 2.36. The van der Waals surface area contributed by atoms with E-state index in [0.717, 1.165) is 20.2 Å². The van der Waals surface area contributed by atoms with Gasteiger partial charge in [0, 0.05) is 25.1 Å². The zero-order valence-corrected chi connectivity index (χ0v) is 17.9. The standard InChI is InChI=1S/C18H16Cl2F4N2O5/c1-4-31-16(28)10(20)5-8-14(11(21)6-9(19)15(8)30-3)26-13(27)7-12(18(22,23)24)25(2)17(26)29/h6-7,10H,4-5H2,1-3H3. The van der Waals surface area contributed by atoms with Crippen LogP contribution in [0, 0.1) is 5.82 Å². The van der Waals surface area contributed by atoms with Crippen LogP contribution in [0.5, 0.6) is 5.75 Å². The maximum atomic E-state index is 14.9. The zero-order chi connectivity index (χ0) is 23.7. The number of nitrogens with zero attached hydrogens (tertiary/aromatic N) is 2. The molecule has 0 fully saturated rings. The molecular formula is C18H16Cl2F4N2O5. The normalized spacial score (nSPS) is 12.5. The van der Waals surface area contributed by atoms with Crippen molar-refractivity contribution in [2.75, 3.05) is 13.7 Å². The lowest BCUT2D eigenvalue weighted by atomic mass is 10.0. The van der Waals surface area contributed by atoms with Crippen molar-refractivity contribution in [1.82, 2.24) is 9.13 Å². The van der Waals surface area contributed by atoms with Crippen molar-refractivity contribution in [1.29, 1.82) is 0 Å². The molecule has 0 radical (unpaired) electrons. The van der Waals surface area contributed by atoms with Gasteiger partial charge in [-0.25, -0.2) is 13.8 Å². The van der Waals surface area contributed by atoms with Crippen LogP contribution in [0.15, 0.2) is 21.7 Å². The molecule has 0 aliphatic heterocycles. The number of aromatic nitrogens is 2. The Morgan fingerprint density at radius 2 is 1.87 bits per heavy atom. The average molecular weight is 487 g/mol. The van der Waals surface area contributed by atoms with Gasteiger partial charge in [0.25, 0.3) is 5.56 Å². The molecular weight excluding hydrogens is 471 g/mol. The van der Waals surface area contributed by atoms with Crippen molar-refractivity contribution in [3.63, 3.8) is 0 Å². The molecule has 0 spiro atoms. The Bertz CT molecular complexity index is 1130. The second-order valence-electron chi connectivity index (χ2n) is 6.17. The molecule has 0 bridgehead atoms. The van der Waals surface area contributed by atoms with Crippen LogP contribution in [0.25, 0.3) is 5.69 Å². The number of halogens is 6. The van der Waals surface area contributed by atoms with Crippen molar-refractivity contribution in [3.05, 3.63) is 55.1 Å². The van der Waals surface area contributed by atoms with Crippen LogP contribution in [-0.2, 0) is 29.2 Å². The molecule has 0 aliphatic rings. The molecule has 2 aromatic rings. The SMILES string of the molecule is CCOC(=O)C(Cl)Cc1c(OC)c(Cl)cc(F)c1-n1c(=O)cc(C(F)(F)F)n(C)c1=O. The number of hydrogen-bond acceptors (Lipinski definition) is 5. The Morgan fingerprint density at radius 1 is 1.26 bits per heavy atom. The number of methoxy groups -OCH3 is 1. The summed E-state index contributed by atoms with van der Waals surface area (Å²) in [6.45, 7) is 1.52. The van der Waals surface area contributed by atoms with E-state index < -0.39 is 52.4 Å². The van der Waals surface area contributed by atoms with Gasteiger partial charge < -0.3 is 9.47 Å². The number of esters is 1. The molecule has 170 valence electrons. The van der Waals surface area contributed by atoms with E-state index in [0.29, 0.717) is 0 Å². The summed E-state index contributed by atoms with van der Waals surface area (Å²) >= 11 is 12.0. The van der Waals surface area contributed by atoms with Crippen LogP contribution in [0.4, 0.5) is 17.6 Å². The number of alkyl halides is 4. The van der Waals surface area contributed by atoms with Gasteiger partial charge in [-0.2, -0.15) is 13.2 Å². The molecule has 2 rings (SSSR count). The van der Waals surface area contributed by atoms with E-state index in [1.54, 1.807) is 0 Å². The Morgan fingerprint density at radius 3 is 2.39 bits per heavy atom. The van der Waals surface area contributed by atoms with E-state index in [-0.39, 0.29) is 38.1 Å². The third-order valence-electron chi connectivity index (χ3n) is 4.22. The molecule has 7 nitrogen and oxygen atoms in total. The number of ether oxygens (including phenoxy) is 2. The predicted octanol–water partition coefficient (Wildman–Crippen LogP) is 3.07. The van der Waals surface area contributed by atoms with Gasteiger partial charge in [-0.1, -0.05) is 11.6 Å². The molecule has 0 N–H and O–H groups in total. The first-order valence-electron chi connectivity index (χ1n) is 8.61. The van der Waals surface area contributed by atoms with Gasteiger partial charge in [-0.15, -0.1) is 11.6 Å². The molecule has 1 atom stereocenters. The van der Waals surface area contributed by atoms with Gasteiger partial charge in [-0.3, -0.25) is 14.2 Å². The Kier molecular flexibility index (Phi) is 7.43. The summed E-state index contributed by atoms with van der Waals surface area (Å²) in [5.74, 6) is -2.32. The highest BCUT2D eigenvalue weighted by Crippen LogP contribution is 2.36. The summed E-state index contributed by atoms with van der Waals surface area (Å²) in [7, 11) is 1.92. The van der Waals surface area contributed by atoms with Gasteiger partial charge in [0.1, 0.15) is 22.6 Å². The van der Waals surface area contributed by atoms with Crippen LogP contribution in [-0.4, -0.2) is 34.2 Å². The monoisotopic (exact) mass is 486 g/mol. The smallest absolute Gasteiger partial charge is 0.431 e. The summed E-state index contributed by atoms with van der Waals surface area (Å²) in [5.41, 5.74) is -5.48. The van der Waals surface area contributed by atoms with E-state index in [9.17, 15) is 31.9 Å². The van der Waals surface area contributed by atoms with Crippen LogP contribution < -0.4 is 16.0 Å². The summed E-state index contributed by atoms with van der Waals surface area (Å²) in [6, 6.07) is 0.867. The second kappa shape index (κ2) is 9.31. The largest absolute Gasteiger partial charge is 0.495 e. The topological polar surface area (TPSA) is 79.5 Å². The first-order chi connectivity index (χ1) is 14.3. The number of hydrogen-bond donors (Lipinski definition) is 0. The van der Waals surface area contributed by atoms with Gasteiger partial charge in [0.2, 0.25) is 0 Å². The quantitative estimate of drug-likeness (QED) is 0.356. The third-order valence-corrected chi connectivity index (χ3v) is 4.83. The van der Waals surface area contributed by atoms with Gasteiger partial charge in [0.05, 0.1) is 24.4 Å². The molecule has 1 aromatic carbocycles. The molecule has 1 heterocycles. The Hall–Kier alpha value is -2.53. The second-order valence-corrected chi connectivity index (χ2v) is 7.10. The lowest BCUT2D eigenvalue weighted by Gasteiger charge is -2.20. The summed E-state index contributed by atoms with van der Waals surface area (Å²) in [6.07, 6.45) is -5.51. The third kappa shape index (κ3) is 4.87. The molecule has 31 heavy (non-hydrogen) atoms. The number of carbonyl (C=O) groups excluding carboxylic acids is 1. The molecule has 0 saturated carbocycles. The Balaban J connectivity index is 2.87. The van der Waals surface area contributed by atoms with E-state index in [2.05, 4.69) is 0 Å². The fourth-order valence-corrected chi connectivity index (χ4v) is 3.40. The van der Waals surface area contributed by atoms with E-state index in [1.165, 1.54) is 6.92 Å². The van der Waals surface area contributed by atoms with E-state index >= 15 is 0 Å². The number of benzene rings is 1. The zero-order valence-electron chi connectivity index (χ0n) is 16.3. The lowest BCUT2D eigenvalue weighted by Crippen LogP contribution is -2.41. The van der Waals surface area contributed by atoms with Crippen molar-refractivity contribution < 1.29 is 31.8 Å². The van der Waals surface area contributed by atoms with Gasteiger partial charge in [-0.05, 0) is 13.0 Å². The van der Waals surface area contributed by atoms with Gasteiger partial charge >= 0.3 is 17.8 Å². The van der Waals surface area contributed by atoms with Crippen molar-refractivity contribution >= 4 is 29.2 Å². The minimum absolute atomic E-state index is 0.00510. The van der Waals surface area contributed by atoms with Gasteiger partial charge in [0.15, 0.2) is 0 Å².